The molecule has 1 atom stereocenters. The predicted molar refractivity (Wildman–Crippen MR) is 113 cm³/mol. The minimum absolute atomic E-state index is 0.0626. The van der Waals surface area contributed by atoms with Gasteiger partial charge in [0.15, 0.2) is 0 Å². The van der Waals surface area contributed by atoms with Gasteiger partial charge in [0, 0.05) is 12.8 Å². The largest absolute Gasteiger partial charge is 0.573 e. The maximum Gasteiger partial charge on any atom is 0.573 e. The predicted octanol–water partition coefficient (Wildman–Crippen LogP) is 3.96. The first-order chi connectivity index (χ1) is 16.3. The van der Waals surface area contributed by atoms with Gasteiger partial charge in [-0.15, -0.1) is 18.3 Å². The minimum atomic E-state index is -4.77. The fourth-order valence-corrected chi connectivity index (χ4v) is 3.75. The number of hydrogen-bond acceptors (Lipinski definition) is 7. The highest BCUT2D eigenvalue weighted by Crippen LogP contribution is 2.32. The van der Waals surface area contributed by atoms with E-state index in [2.05, 4.69) is 15.0 Å². The Bertz CT molecular complexity index is 1160. The van der Waals surface area contributed by atoms with E-state index in [0.717, 1.165) is 11.1 Å². The Hall–Kier alpha value is -3.76. The molecular weight excluding hydrogens is 455 g/mol. The van der Waals surface area contributed by atoms with Gasteiger partial charge in [-0.2, -0.15) is 0 Å². The molecule has 0 saturated heterocycles. The maximum atomic E-state index is 12.6. The van der Waals surface area contributed by atoms with E-state index in [4.69, 9.17) is 14.2 Å². The number of nitrogens with zero attached hydrogens (tertiary/aromatic N) is 3. The molecule has 180 valence electrons. The summed E-state index contributed by atoms with van der Waals surface area (Å²) >= 11 is 0. The Labute approximate surface area is 193 Å². The zero-order valence-electron chi connectivity index (χ0n) is 18.5. The molecule has 1 aliphatic carbocycles. The van der Waals surface area contributed by atoms with Crippen molar-refractivity contribution in [1.82, 2.24) is 15.0 Å². The van der Waals surface area contributed by atoms with Gasteiger partial charge in [-0.3, -0.25) is 0 Å². The van der Waals surface area contributed by atoms with Crippen molar-refractivity contribution in [2.45, 2.75) is 38.8 Å². The van der Waals surface area contributed by atoms with E-state index in [1.165, 1.54) is 16.8 Å². The highest BCUT2D eigenvalue weighted by molar-refractivity contribution is 5.89. The number of carbonyl (C=O) groups is 1. The topological polar surface area (TPSA) is 84.7 Å². The first kappa shape index (κ1) is 23.4. The Kier molecular flexibility index (Phi) is 6.62. The van der Waals surface area contributed by atoms with Crippen molar-refractivity contribution < 1.29 is 36.9 Å². The monoisotopic (exact) mass is 477 g/mol. The summed E-state index contributed by atoms with van der Waals surface area (Å²) in [5, 5.41) is 8.02. The fraction of sp³-hybridized carbons (Fsp3) is 0.348. The normalized spacial score (nSPS) is 15.0. The Balaban J connectivity index is 1.55. The Morgan fingerprint density at radius 3 is 2.47 bits per heavy atom. The Morgan fingerprint density at radius 2 is 1.79 bits per heavy atom. The lowest BCUT2D eigenvalue weighted by atomic mass is 10.1. The fourth-order valence-electron chi connectivity index (χ4n) is 3.75. The summed E-state index contributed by atoms with van der Waals surface area (Å²) in [6, 6.07) is 11.5. The number of esters is 1. The lowest BCUT2D eigenvalue weighted by Gasteiger charge is -2.15. The van der Waals surface area contributed by atoms with Crippen LogP contribution in [-0.2, 0) is 24.1 Å². The number of carbonyl (C=O) groups excluding carboxylic acids is 1. The molecule has 0 amide bonds. The van der Waals surface area contributed by atoms with Gasteiger partial charge in [0.25, 0.3) is 0 Å². The number of rotatable bonds is 8. The molecule has 0 saturated carbocycles. The standard InChI is InChI=1S/C23H22F3N3O5/c1-3-32-22(30)20-21(29(28-27-20)13-14-4-7-17(31-2)8-5-14)33-19-10-15-6-9-18(11-16(15)12-19)34-23(24,25)26/h4-9,11,19H,3,10,12-13H2,1-2H3. The van der Waals surface area contributed by atoms with Crippen LogP contribution in [0, 0.1) is 0 Å². The van der Waals surface area contributed by atoms with Crippen molar-refractivity contribution in [1.29, 1.82) is 0 Å². The van der Waals surface area contributed by atoms with Gasteiger partial charge < -0.3 is 18.9 Å². The van der Waals surface area contributed by atoms with Crippen molar-refractivity contribution in [3.63, 3.8) is 0 Å². The molecule has 3 aromatic rings. The van der Waals surface area contributed by atoms with E-state index in [1.807, 2.05) is 12.1 Å². The van der Waals surface area contributed by atoms with Crippen molar-refractivity contribution in [3.8, 4) is 17.4 Å². The van der Waals surface area contributed by atoms with Crippen LogP contribution >= 0.6 is 0 Å². The van der Waals surface area contributed by atoms with E-state index in [0.29, 0.717) is 24.2 Å². The summed E-state index contributed by atoms with van der Waals surface area (Å²) in [6.45, 7) is 2.10. The van der Waals surface area contributed by atoms with Crippen LogP contribution < -0.4 is 14.2 Å². The second kappa shape index (κ2) is 9.62. The van der Waals surface area contributed by atoms with Crippen molar-refractivity contribution in [2.75, 3.05) is 13.7 Å². The average Bonchev–Trinajstić information content (AvgIpc) is 3.37. The van der Waals surface area contributed by atoms with Crippen LogP contribution in [-0.4, -0.2) is 47.1 Å². The van der Waals surface area contributed by atoms with Gasteiger partial charge in [0.05, 0.1) is 20.3 Å². The number of halogens is 3. The molecule has 0 N–H and O–H groups in total. The SMILES string of the molecule is CCOC(=O)c1nnn(Cc2ccc(OC)cc2)c1OC1Cc2ccc(OC(F)(F)F)cc2C1. The Morgan fingerprint density at radius 1 is 1.09 bits per heavy atom. The molecule has 0 spiro atoms. The third-order valence-electron chi connectivity index (χ3n) is 5.23. The molecule has 1 aliphatic rings. The van der Waals surface area contributed by atoms with Crippen molar-refractivity contribution in [3.05, 3.63) is 64.8 Å². The molecule has 2 aromatic carbocycles. The van der Waals surface area contributed by atoms with Crippen molar-refractivity contribution in [2.24, 2.45) is 0 Å². The summed E-state index contributed by atoms with van der Waals surface area (Å²) in [6.07, 6.45) is -4.42. The van der Waals surface area contributed by atoms with Crippen LogP contribution in [0.2, 0.25) is 0 Å². The van der Waals surface area contributed by atoms with Gasteiger partial charge in [-0.05, 0) is 47.9 Å². The zero-order valence-corrected chi connectivity index (χ0v) is 18.5. The molecular formula is C23H22F3N3O5. The lowest BCUT2D eigenvalue weighted by molar-refractivity contribution is -0.274. The average molecular weight is 477 g/mol. The molecule has 34 heavy (non-hydrogen) atoms. The molecule has 11 heteroatoms. The summed E-state index contributed by atoms with van der Waals surface area (Å²) in [5.74, 6) is -0.123. The first-order valence-corrected chi connectivity index (χ1v) is 10.5. The van der Waals surface area contributed by atoms with Crippen LogP contribution in [0.25, 0.3) is 0 Å². The highest BCUT2D eigenvalue weighted by atomic mass is 19.4. The van der Waals surface area contributed by atoms with Crippen LogP contribution in [0.4, 0.5) is 13.2 Å². The quantitative estimate of drug-likeness (QED) is 0.454. The van der Waals surface area contributed by atoms with E-state index in [9.17, 15) is 18.0 Å². The van der Waals surface area contributed by atoms with Crippen LogP contribution in [0.15, 0.2) is 42.5 Å². The number of fused-ring (bicyclic) bond motifs is 1. The smallest absolute Gasteiger partial charge is 0.497 e. The summed E-state index contributed by atoms with van der Waals surface area (Å²) in [4.78, 5) is 12.4. The van der Waals surface area contributed by atoms with E-state index in [-0.39, 0.29) is 30.5 Å². The molecule has 4 rings (SSSR count). The van der Waals surface area contributed by atoms with Gasteiger partial charge >= 0.3 is 12.3 Å². The number of methoxy groups -OCH3 is 1. The lowest BCUT2D eigenvalue weighted by Crippen LogP contribution is -2.21. The van der Waals surface area contributed by atoms with Gasteiger partial charge in [0.1, 0.15) is 17.6 Å². The first-order valence-electron chi connectivity index (χ1n) is 10.5. The maximum absolute atomic E-state index is 12.6. The molecule has 0 fully saturated rings. The van der Waals surface area contributed by atoms with Crippen LogP contribution in [0.3, 0.4) is 0 Å². The molecule has 0 aliphatic heterocycles. The van der Waals surface area contributed by atoms with Gasteiger partial charge in [-0.1, -0.05) is 23.4 Å². The molecule has 1 unspecified atom stereocenters. The zero-order chi connectivity index (χ0) is 24.3. The van der Waals surface area contributed by atoms with E-state index >= 15 is 0 Å². The second-order valence-corrected chi connectivity index (χ2v) is 7.60. The number of hydrogen-bond donors (Lipinski definition) is 0. The third-order valence-corrected chi connectivity index (χ3v) is 5.23. The van der Waals surface area contributed by atoms with Crippen LogP contribution in [0.5, 0.6) is 17.4 Å². The minimum Gasteiger partial charge on any atom is -0.497 e. The number of aromatic nitrogens is 3. The molecule has 0 bridgehead atoms. The molecule has 0 radical (unpaired) electrons. The second-order valence-electron chi connectivity index (χ2n) is 7.60. The summed E-state index contributed by atoms with van der Waals surface area (Å²) < 4.78 is 59.5. The molecule has 8 nitrogen and oxygen atoms in total. The van der Waals surface area contributed by atoms with E-state index < -0.39 is 18.4 Å². The van der Waals surface area contributed by atoms with Gasteiger partial charge in [-0.25, -0.2) is 9.48 Å². The third kappa shape index (κ3) is 5.41. The van der Waals surface area contributed by atoms with E-state index in [1.54, 1.807) is 32.2 Å². The van der Waals surface area contributed by atoms with Crippen LogP contribution in [0.1, 0.15) is 34.1 Å². The summed E-state index contributed by atoms with van der Waals surface area (Å²) in [5.41, 5.74) is 2.33. The van der Waals surface area contributed by atoms with Crippen molar-refractivity contribution >= 4 is 5.97 Å². The number of benzene rings is 2. The number of alkyl halides is 3. The molecule has 1 heterocycles. The highest BCUT2D eigenvalue weighted by Gasteiger charge is 2.33. The number of ether oxygens (including phenoxy) is 4. The van der Waals surface area contributed by atoms with Gasteiger partial charge in [0.2, 0.25) is 11.6 Å². The summed E-state index contributed by atoms with van der Waals surface area (Å²) in [7, 11) is 1.57. The molecule has 1 aromatic heterocycles.